The monoisotopic (exact) mass is 1970 g/mol. The van der Waals surface area contributed by atoms with Gasteiger partial charge < -0.3 is 9.13 Å². The van der Waals surface area contributed by atoms with E-state index in [4.69, 9.17) is 0 Å². The Bertz CT molecular complexity index is 10700. The minimum absolute atomic E-state index is 1.13. The molecule has 696 valence electrons. The summed E-state index contributed by atoms with van der Waals surface area (Å²) in [5.74, 6) is 0. The van der Waals surface area contributed by atoms with E-state index < -0.39 is 0 Å². The second-order valence-corrected chi connectivity index (χ2v) is 44.0. The zero-order valence-corrected chi connectivity index (χ0v) is 84.4. The zero-order chi connectivity index (χ0) is 98.3. The Labute approximate surface area is 880 Å². The van der Waals surface area contributed by atoms with Crippen LogP contribution in [0, 0.1) is 0 Å². The third-order valence-corrected chi connectivity index (χ3v) is 36.3. The summed E-state index contributed by atoms with van der Waals surface area (Å²) in [6, 6.07) is 195. The first kappa shape index (κ1) is 86.1. The molecular weight excluding hydrogens is 1890 g/mol. The van der Waals surface area contributed by atoms with E-state index in [1.807, 2.05) is 45.3 Å². The van der Waals surface area contributed by atoms with Crippen molar-refractivity contribution < 1.29 is 0 Å². The van der Waals surface area contributed by atoms with Crippen molar-refractivity contribution in [2.75, 3.05) is 0 Å². The fourth-order valence-electron chi connectivity index (χ4n) is 24.7. The molecule has 0 aliphatic heterocycles. The predicted octanol–water partition coefficient (Wildman–Crippen LogP) is 42.6. The number of hydrogen-bond acceptors (Lipinski definition) is 4. The minimum Gasteiger partial charge on any atom is -0.309 e. The Morgan fingerprint density at radius 3 is 0.733 bits per heavy atom. The molecule has 0 aliphatic carbocycles. The molecule has 0 aliphatic rings. The van der Waals surface area contributed by atoms with Gasteiger partial charge in [0.25, 0.3) is 0 Å². The van der Waals surface area contributed by atoms with Crippen LogP contribution in [0.5, 0.6) is 0 Å². The number of aromatic nitrogens is 2. The SMILES string of the molecule is c1ccc(-c2c3ccccc3c(-c3ccc(-n4c5ccc(-c6ccc7sc8c(-c9cccc%10ccccc9%10)cccc8c7c6)cc5c5cc(-c6ccc7sc8c(-c9cccc%10ccccc9%10)cccc8c7c6)ccc54)cc3)c3ccccc23)cc1.c1ccc(-c2c3ccccc3c(-c3cccc(-n4c5ccc(-c6ccc7sc8ccccc8c7c6)cc5c5cc(-c6ccc7sc8ccccc8c7c6)ccc54)c3)c3ccccc23)cc1. The highest BCUT2D eigenvalue weighted by Crippen LogP contribution is 2.53. The van der Waals surface area contributed by atoms with Crippen molar-refractivity contribution in [3.8, 4) is 123 Å². The molecule has 0 N–H and O–H groups in total. The molecule has 6 heteroatoms. The number of nitrogens with zero attached hydrogens (tertiary/aromatic N) is 2. The Kier molecular flexibility index (Phi) is 19.9. The minimum atomic E-state index is 1.13. The van der Waals surface area contributed by atoms with Crippen LogP contribution >= 0.6 is 45.3 Å². The molecule has 32 aromatic rings. The van der Waals surface area contributed by atoms with Gasteiger partial charge in [-0.3, -0.25) is 0 Å². The Hall–Kier alpha value is -18.2. The summed E-state index contributed by atoms with van der Waals surface area (Å²) >= 11 is 7.54. The van der Waals surface area contributed by atoms with Crippen molar-refractivity contribution >= 4 is 234 Å². The lowest BCUT2D eigenvalue weighted by atomic mass is 9.86. The van der Waals surface area contributed by atoms with Crippen molar-refractivity contribution in [3.63, 3.8) is 0 Å². The standard InChI is InChI=1S/C82H49NS2.C62H37NS2/c1-2-18-52(19-3-1)79-63-24-8-10-26-65(63)80(66-27-11-9-25-64(66)79)53-34-40-58(41-35-53)83-75-42-36-54(56-38-44-77-73(48-56)69-32-14-30-67(81(69)84-77)61-28-12-20-50-16-4-6-22-59(50)61)46-71(75)72-47-55(37-43-76(72)83)57-39-45-78-74(49-57)70-33-15-31-68(82(70)85-78)62-29-13-21-51-17-5-7-23-60(51)62;1-2-13-38(14-3-1)61-47-19-4-6-21-49(47)62(50-22-7-5-20-48(50)61)43-15-12-16-44(33-43)63-55-29-25-39(41-27-31-59-53(36-41)45-17-8-10-23-57(45)64-59)34-51(55)52-35-40(26-30-56(52)63)42-28-32-60-54(37-42)46-18-9-11-24-58(46)65-60/h1-49H;1-37H. The van der Waals surface area contributed by atoms with E-state index in [9.17, 15) is 0 Å². The zero-order valence-electron chi connectivity index (χ0n) is 81.2. The van der Waals surface area contributed by atoms with Crippen LogP contribution in [-0.2, 0) is 0 Å². The first-order chi connectivity index (χ1) is 74.4. The van der Waals surface area contributed by atoms with E-state index >= 15 is 0 Å². The Morgan fingerprint density at radius 1 is 0.120 bits per heavy atom. The quantitative estimate of drug-likeness (QED) is 0.108. The normalized spacial score (nSPS) is 12.0. The van der Waals surface area contributed by atoms with Crippen LogP contribution in [0.25, 0.3) is 312 Å². The van der Waals surface area contributed by atoms with E-state index in [1.54, 1.807) is 0 Å². The van der Waals surface area contributed by atoms with Crippen LogP contribution in [0.1, 0.15) is 0 Å². The Balaban J connectivity index is 0.000000140. The third kappa shape index (κ3) is 13.9. The molecule has 6 heterocycles. The molecule has 0 bridgehead atoms. The average Bonchev–Trinajstić information content (AvgIpc) is 1.71. The van der Waals surface area contributed by atoms with Gasteiger partial charge in [0.15, 0.2) is 0 Å². The topological polar surface area (TPSA) is 9.86 Å². The Morgan fingerprint density at radius 2 is 0.360 bits per heavy atom. The highest BCUT2D eigenvalue weighted by atomic mass is 32.1. The van der Waals surface area contributed by atoms with E-state index in [1.165, 1.54) is 300 Å². The second-order valence-electron chi connectivity index (χ2n) is 39.8. The second kappa shape index (κ2) is 34.7. The van der Waals surface area contributed by atoms with Gasteiger partial charge in [0.05, 0.1) is 22.1 Å². The molecule has 32 rings (SSSR count). The van der Waals surface area contributed by atoms with Crippen molar-refractivity contribution in [3.05, 3.63) is 522 Å². The summed E-state index contributed by atoms with van der Waals surface area (Å²) in [5.41, 5.74) is 31.8. The molecule has 0 radical (unpaired) electrons. The molecule has 150 heavy (non-hydrogen) atoms. The van der Waals surface area contributed by atoms with Gasteiger partial charge in [-0.1, -0.05) is 388 Å². The van der Waals surface area contributed by atoms with E-state index in [-0.39, 0.29) is 0 Å². The maximum atomic E-state index is 2.48. The fourth-order valence-corrected chi connectivity index (χ4v) is 29.3. The molecule has 6 aromatic heterocycles. The average molecular weight is 1970 g/mol. The van der Waals surface area contributed by atoms with Gasteiger partial charge in [-0.2, -0.15) is 0 Å². The van der Waals surface area contributed by atoms with Crippen LogP contribution in [0.15, 0.2) is 522 Å². The van der Waals surface area contributed by atoms with Crippen LogP contribution in [0.4, 0.5) is 0 Å². The lowest BCUT2D eigenvalue weighted by molar-refractivity contribution is 1.18. The van der Waals surface area contributed by atoms with Crippen molar-refractivity contribution in [2.45, 2.75) is 0 Å². The van der Waals surface area contributed by atoms with E-state index in [0.29, 0.717) is 0 Å². The molecular formula is C144H86N2S4. The van der Waals surface area contributed by atoms with Gasteiger partial charge in [-0.05, 0) is 298 Å². The summed E-state index contributed by atoms with van der Waals surface area (Å²) in [4.78, 5) is 0. The van der Waals surface area contributed by atoms with Crippen LogP contribution in [-0.4, -0.2) is 9.13 Å². The number of benzene rings is 26. The van der Waals surface area contributed by atoms with Crippen LogP contribution in [0.2, 0.25) is 0 Å². The van der Waals surface area contributed by atoms with Crippen LogP contribution in [0.3, 0.4) is 0 Å². The summed E-state index contributed by atoms with van der Waals surface area (Å²) in [6.45, 7) is 0. The lowest BCUT2D eigenvalue weighted by Crippen LogP contribution is -1.95. The molecule has 2 nitrogen and oxygen atoms in total. The maximum Gasteiger partial charge on any atom is 0.0541 e. The van der Waals surface area contributed by atoms with E-state index in [2.05, 4.69) is 531 Å². The number of fused-ring (bicyclic) bond motifs is 24. The highest BCUT2D eigenvalue weighted by Gasteiger charge is 2.26. The van der Waals surface area contributed by atoms with Crippen molar-refractivity contribution in [2.24, 2.45) is 0 Å². The summed E-state index contributed by atoms with van der Waals surface area (Å²) in [6.07, 6.45) is 0. The summed E-state index contributed by atoms with van der Waals surface area (Å²) < 4.78 is 15.5. The number of hydrogen-bond donors (Lipinski definition) is 0. The third-order valence-electron chi connectivity index (χ3n) is 31.6. The number of thiophene rings is 4. The van der Waals surface area contributed by atoms with Gasteiger partial charge in [0, 0.05) is 125 Å². The molecule has 0 amide bonds. The summed E-state index contributed by atoms with van der Waals surface area (Å²) in [7, 11) is 0. The number of rotatable bonds is 12. The molecule has 0 spiro atoms. The highest BCUT2D eigenvalue weighted by molar-refractivity contribution is 7.27. The first-order valence-corrected chi connectivity index (χ1v) is 54.7. The molecule has 0 atom stereocenters. The molecule has 26 aromatic carbocycles. The van der Waals surface area contributed by atoms with Gasteiger partial charge in [-0.25, -0.2) is 0 Å². The summed E-state index contributed by atoms with van der Waals surface area (Å²) in [5, 5.41) is 30.5. The predicted molar refractivity (Wildman–Crippen MR) is 653 cm³/mol. The molecule has 0 fully saturated rings. The largest absolute Gasteiger partial charge is 0.309 e. The van der Waals surface area contributed by atoms with Gasteiger partial charge in [0.1, 0.15) is 0 Å². The fraction of sp³-hybridized carbons (Fsp3) is 0. The smallest absolute Gasteiger partial charge is 0.0541 e. The van der Waals surface area contributed by atoms with Crippen molar-refractivity contribution in [1.82, 2.24) is 9.13 Å². The molecule has 0 saturated carbocycles. The first-order valence-electron chi connectivity index (χ1n) is 51.4. The van der Waals surface area contributed by atoms with Crippen LogP contribution < -0.4 is 0 Å². The molecule has 0 unspecified atom stereocenters. The lowest BCUT2D eigenvalue weighted by Gasteiger charge is -2.18. The van der Waals surface area contributed by atoms with E-state index in [0.717, 1.165) is 11.4 Å². The van der Waals surface area contributed by atoms with Gasteiger partial charge >= 0.3 is 0 Å². The van der Waals surface area contributed by atoms with Gasteiger partial charge in [-0.15, -0.1) is 45.3 Å². The van der Waals surface area contributed by atoms with Gasteiger partial charge in [0.2, 0.25) is 0 Å². The molecule has 0 saturated heterocycles. The maximum absolute atomic E-state index is 2.48. The van der Waals surface area contributed by atoms with Crippen molar-refractivity contribution in [1.29, 1.82) is 0 Å².